The molecular weight excluding hydrogens is 216 g/mol. The first-order chi connectivity index (χ1) is 8.00. The molecule has 98 valence electrons. The Labute approximate surface area is 103 Å². The number of nitrogens with one attached hydrogen (secondary N) is 3. The molecule has 0 aliphatic carbocycles. The third-order valence-corrected chi connectivity index (χ3v) is 3.18. The van der Waals surface area contributed by atoms with Crippen molar-refractivity contribution in [1.29, 1.82) is 5.41 Å². The SMILES string of the molecule is CC(=N)NCCC[C@H]1CN(C(C)=O)[C@@H](C)CN1. The van der Waals surface area contributed by atoms with Crippen LogP contribution in [-0.2, 0) is 4.79 Å². The molecule has 5 heteroatoms. The Morgan fingerprint density at radius 2 is 2.24 bits per heavy atom. The molecule has 0 radical (unpaired) electrons. The molecule has 1 rings (SSSR count). The van der Waals surface area contributed by atoms with Crippen LogP contribution in [0, 0.1) is 5.41 Å². The van der Waals surface area contributed by atoms with Gasteiger partial charge in [-0.05, 0) is 26.7 Å². The summed E-state index contributed by atoms with van der Waals surface area (Å²) in [7, 11) is 0. The molecule has 17 heavy (non-hydrogen) atoms. The van der Waals surface area contributed by atoms with Crippen LogP contribution in [-0.4, -0.2) is 48.4 Å². The standard InChI is InChI=1S/C12H24N4O/c1-9-7-15-12(8-16(9)11(3)17)5-4-6-14-10(2)13/h9,12,15H,4-8H2,1-3H3,(H2,13,14)/t9-,12-/m0/s1. The lowest BCUT2D eigenvalue weighted by Crippen LogP contribution is -2.56. The molecule has 1 fully saturated rings. The van der Waals surface area contributed by atoms with E-state index in [0.29, 0.717) is 17.9 Å². The number of hydrogen-bond donors (Lipinski definition) is 3. The summed E-state index contributed by atoms with van der Waals surface area (Å²) >= 11 is 0. The van der Waals surface area contributed by atoms with Gasteiger partial charge in [0.2, 0.25) is 5.91 Å². The van der Waals surface area contributed by atoms with Crippen LogP contribution in [0.1, 0.15) is 33.6 Å². The van der Waals surface area contributed by atoms with Crippen molar-refractivity contribution in [2.45, 2.75) is 45.7 Å². The molecule has 2 atom stereocenters. The molecule has 0 saturated carbocycles. The lowest BCUT2D eigenvalue weighted by atomic mass is 10.1. The van der Waals surface area contributed by atoms with Gasteiger partial charge in [0.25, 0.3) is 0 Å². The van der Waals surface area contributed by atoms with E-state index in [0.717, 1.165) is 32.5 Å². The number of nitrogens with zero attached hydrogens (tertiary/aromatic N) is 1. The lowest BCUT2D eigenvalue weighted by Gasteiger charge is -2.38. The van der Waals surface area contributed by atoms with Crippen LogP contribution in [0.2, 0.25) is 0 Å². The molecule has 0 unspecified atom stereocenters. The van der Waals surface area contributed by atoms with Crippen molar-refractivity contribution in [1.82, 2.24) is 15.5 Å². The lowest BCUT2D eigenvalue weighted by molar-refractivity contribution is -0.132. The summed E-state index contributed by atoms with van der Waals surface area (Å²) in [5, 5.41) is 13.7. The Balaban J connectivity index is 2.26. The predicted octanol–water partition coefficient (Wildman–Crippen LogP) is 0.562. The van der Waals surface area contributed by atoms with Gasteiger partial charge in [0.15, 0.2) is 0 Å². The second kappa shape index (κ2) is 6.59. The van der Waals surface area contributed by atoms with E-state index in [1.54, 1.807) is 13.8 Å². The van der Waals surface area contributed by atoms with Gasteiger partial charge in [-0.25, -0.2) is 0 Å². The van der Waals surface area contributed by atoms with Crippen molar-refractivity contribution in [3.05, 3.63) is 0 Å². The third-order valence-electron chi connectivity index (χ3n) is 3.18. The van der Waals surface area contributed by atoms with Gasteiger partial charge in [-0.1, -0.05) is 0 Å². The molecule has 5 nitrogen and oxygen atoms in total. The minimum absolute atomic E-state index is 0.164. The third kappa shape index (κ3) is 4.73. The second-order valence-electron chi connectivity index (χ2n) is 4.82. The van der Waals surface area contributed by atoms with Crippen LogP contribution >= 0.6 is 0 Å². The molecule has 3 N–H and O–H groups in total. The minimum atomic E-state index is 0.164. The van der Waals surface area contributed by atoms with E-state index in [2.05, 4.69) is 17.6 Å². The first kappa shape index (κ1) is 14.0. The molecule has 1 amide bonds. The molecule has 1 aliphatic heterocycles. The van der Waals surface area contributed by atoms with Crippen molar-refractivity contribution >= 4 is 11.7 Å². The van der Waals surface area contributed by atoms with E-state index in [1.165, 1.54) is 0 Å². The summed E-state index contributed by atoms with van der Waals surface area (Å²) in [6, 6.07) is 0.689. The molecule has 0 aromatic heterocycles. The number of carbonyl (C=O) groups is 1. The van der Waals surface area contributed by atoms with Crippen LogP contribution in [0.15, 0.2) is 0 Å². The average Bonchev–Trinajstić information content (AvgIpc) is 2.25. The van der Waals surface area contributed by atoms with Crippen molar-refractivity contribution in [3.63, 3.8) is 0 Å². The number of amidine groups is 1. The quantitative estimate of drug-likeness (QED) is 0.382. The fourth-order valence-corrected chi connectivity index (χ4v) is 2.19. The van der Waals surface area contributed by atoms with Crippen molar-refractivity contribution in [2.75, 3.05) is 19.6 Å². The molecule has 1 saturated heterocycles. The van der Waals surface area contributed by atoms with Gasteiger partial charge < -0.3 is 15.5 Å². The Bertz CT molecular complexity index is 280. The van der Waals surface area contributed by atoms with Gasteiger partial charge in [-0.2, -0.15) is 0 Å². The van der Waals surface area contributed by atoms with Gasteiger partial charge in [0.05, 0.1) is 5.84 Å². The van der Waals surface area contributed by atoms with Crippen LogP contribution in [0.4, 0.5) is 0 Å². The second-order valence-corrected chi connectivity index (χ2v) is 4.82. The number of piperazine rings is 1. The van der Waals surface area contributed by atoms with E-state index in [-0.39, 0.29) is 5.91 Å². The van der Waals surface area contributed by atoms with Gasteiger partial charge in [0, 0.05) is 38.6 Å². The highest BCUT2D eigenvalue weighted by Crippen LogP contribution is 2.10. The Hall–Kier alpha value is -1.10. The number of hydrogen-bond acceptors (Lipinski definition) is 3. The molecule has 1 aliphatic rings. The maximum atomic E-state index is 11.4. The molecule has 0 spiro atoms. The first-order valence-corrected chi connectivity index (χ1v) is 6.30. The number of amides is 1. The molecule has 0 bridgehead atoms. The fourth-order valence-electron chi connectivity index (χ4n) is 2.19. The zero-order valence-electron chi connectivity index (χ0n) is 11.0. The van der Waals surface area contributed by atoms with Crippen molar-refractivity contribution in [3.8, 4) is 0 Å². The summed E-state index contributed by atoms with van der Waals surface area (Å²) < 4.78 is 0. The smallest absolute Gasteiger partial charge is 0.219 e. The number of rotatable bonds is 4. The van der Waals surface area contributed by atoms with E-state index in [4.69, 9.17) is 5.41 Å². The summed E-state index contributed by atoms with van der Waals surface area (Å²) in [6.45, 7) is 7.98. The highest BCUT2D eigenvalue weighted by molar-refractivity contribution is 5.75. The average molecular weight is 240 g/mol. The van der Waals surface area contributed by atoms with E-state index in [9.17, 15) is 4.79 Å². The summed E-state index contributed by atoms with van der Waals surface area (Å²) in [6.07, 6.45) is 2.06. The van der Waals surface area contributed by atoms with Crippen LogP contribution in [0.3, 0.4) is 0 Å². The highest BCUT2D eigenvalue weighted by Gasteiger charge is 2.25. The zero-order chi connectivity index (χ0) is 12.8. The molecule has 1 heterocycles. The minimum Gasteiger partial charge on any atom is -0.374 e. The van der Waals surface area contributed by atoms with E-state index >= 15 is 0 Å². The Morgan fingerprint density at radius 1 is 1.53 bits per heavy atom. The Morgan fingerprint density at radius 3 is 2.82 bits per heavy atom. The normalized spacial score (nSPS) is 24.5. The predicted molar refractivity (Wildman–Crippen MR) is 69.3 cm³/mol. The fraction of sp³-hybridized carbons (Fsp3) is 0.833. The zero-order valence-corrected chi connectivity index (χ0v) is 11.0. The van der Waals surface area contributed by atoms with Crippen molar-refractivity contribution < 1.29 is 4.79 Å². The number of carbonyl (C=O) groups excluding carboxylic acids is 1. The van der Waals surface area contributed by atoms with Crippen molar-refractivity contribution in [2.24, 2.45) is 0 Å². The molecule has 0 aromatic carbocycles. The maximum Gasteiger partial charge on any atom is 0.219 e. The van der Waals surface area contributed by atoms with Crippen LogP contribution < -0.4 is 10.6 Å². The maximum absolute atomic E-state index is 11.4. The van der Waals surface area contributed by atoms with Gasteiger partial charge in [-0.15, -0.1) is 0 Å². The van der Waals surface area contributed by atoms with Gasteiger partial charge >= 0.3 is 0 Å². The summed E-state index contributed by atoms with van der Waals surface area (Å²) in [5.74, 6) is 0.679. The van der Waals surface area contributed by atoms with Crippen LogP contribution in [0.5, 0.6) is 0 Å². The summed E-state index contributed by atoms with van der Waals surface area (Å²) in [5.41, 5.74) is 0. The van der Waals surface area contributed by atoms with E-state index in [1.807, 2.05) is 4.90 Å². The van der Waals surface area contributed by atoms with E-state index < -0.39 is 0 Å². The van der Waals surface area contributed by atoms with Gasteiger partial charge in [-0.3, -0.25) is 10.2 Å². The monoisotopic (exact) mass is 240 g/mol. The van der Waals surface area contributed by atoms with Gasteiger partial charge in [0.1, 0.15) is 0 Å². The largest absolute Gasteiger partial charge is 0.374 e. The first-order valence-electron chi connectivity index (χ1n) is 6.30. The Kier molecular flexibility index (Phi) is 5.41. The highest BCUT2D eigenvalue weighted by atomic mass is 16.2. The summed E-state index contributed by atoms with van der Waals surface area (Å²) in [4.78, 5) is 13.4. The molecule has 0 aromatic rings. The molecular formula is C12H24N4O. The topological polar surface area (TPSA) is 68.2 Å². The van der Waals surface area contributed by atoms with Crippen LogP contribution in [0.25, 0.3) is 0 Å².